The van der Waals surface area contributed by atoms with Crippen molar-refractivity contribution in [1.82, 2.24) is 9.55 Å². The van der Waals surface area contributed by atoms with Crippen molar-refractivity contribution in [3.05, 3.63) is 41.0 Å². The molecular weight excluding hydrogens is 262 g/mol. The summed E-state index contributed by atoms with van der Waals surface area (Å²) in [4.78, 5) is 4.31. The summed E-state index contributed by atoms with van der Waals surface area (Å²) in [6, 6.07) is 5.37. The Labute approximate surface area is 115 Å². The number of halogens is 1. The standard InChI is InChI=1S/C14H14ClN3O/c1-9(2)6-17-8-16-12-7-18(19)13-5-10(15)3-4-11(13)14(12)17/h3-5,7-9H,6H2,1-2H3. The summed E-state index contributed by atoms with van der Waals surface area (Å²) in [5, 5.41) is 13.4. The van der Waals surface area contributed by atoms with Crippen LogP contribution in [0.15, 0.2) is 30.7 Å². The van der Waals surface area contributed by atoms with Gasteiger partial charge in [-0.15, -0.1) is 0 Å². The van der Waals surface area contributed by atoms with Gasteiger partial charge in [-0.25, -0.2) is 4.98 Å². The predicted octanol–water partition coefficient (Wildman–Crippen LogP) is 3.13. The first kappa shape index (κ1) is 12.2. The first-order valence-corrected chi connectivity index (χ1v) is 6.60. The molecule has 0 saturated carbocycles. The van der Waals surface area contributed by atoms with Crippen molar-refractivity contribution in [2.24, 2.45) is 5.92 Å². The Morgan fingerprint density at radius 2 is 2.21 bits per heavy atom. The minimum Gasteiger partial charge on any atom is -0.618 e. The van der Waals surface area contributed by atoms with Crippen molar-refractivity contribution in [3.8, 4) is 0 Å². The van der Waals surface area contributed by atoms with E-state index in [4.69, 9.17) is 11.6 Å². The van der Waals surface area contributed by atoms with E-state index < -0.39 is 0 Å². The zero-order chi connectivity index (χ0) is 13.6. The topological polar surface area (TPSA) is 44.8 Å². The largest absolute Gasteiger partial charge is 0.618 e. The van der Waals surface area contributed by atoms with Gasteiger partial charge in [0, 0.05) is 17.6 Å². The Kier molecular flexibility index (Phi) is 2.82. The highest BCUT2D eigenvalue weighted by Gasteiger charge is 2.15. The molecule has 0 radical (unpaired) electrons. The van der Waals surface area contributed by atoms with Crippen molar-refractivity contribution >= 4 is 33.5 Å². The van der Waals surface area contributed by atoms with E-state index in [1.165, 1.54) is 6.20 Å². The lowest BCUT2D eigenvalue weighted by Gasteiger charge is -2.09. The Bertz CT molecular complexity index is 764. The zero-order valence-corrected chi connectivity index (χ0v) is 11.6. The summed E-state index contributed by atoms with van der Waals surface area (Å²) in [5.41, 5.74) is 2.28. The summed E-state index contributed by atoms with van der Waals surface area (Å²) in [5.74, 6) is 0.513. The van der Waals surface area contributed by atoms with Crippen molar-refractivity contribution in [2.75, 3.05) is 0 Å². The van der Waals surface area contributed by atoms with Crippen molar-refractivity contribution < 1.29 is 4.73 Å². The van der Waals surface area contributed by atoms with Crippen molar-refractivity contribution in [3.63, 3.8) is 0 Å². The van der Waals surface area contributed by atoms with Crippen LogP contribution >= 0.6 is 11.6 Å². The molecular formula is C14H14ClN3O. The third-order valence-electron chi connectivity index (χ3n) is 3.12. The van der Waals surface area contributed by atoms with E-state index in [2.05, 4.69) is 23.4 Å². The normalized spacial score (nSPS) is 11.8. The minimum atomic E-state index is 0.513. The van der Waals surface area contributed by atoms with Crippen LogP contribution in [0.4, 0.5) is 0 Å². The van der Waals surface area contributed by atoms with E-state index in [-0.39, 0.29) is 0 Å². The number of aromatic nitrogens is 3. The van der Waals surface area contributed by atoms with Crippen LogP contribution in [0.3, 0.4) is 0 Å². The quantitative estimate of drug-likeness (QED) is 0.533. The molecule has 0 aliphatic carbocycles. The zero-order valence-electron chi connectivity index (χ0n) is 10.8. The molecule has 0 N–H and O–H groups in total. The number of hydrogen-bond donors (Lipinski definition) is 0. The Balaban J connectivity index is 2.39. The van der Waals surface area contributed by atoms with Crippen molar-refractivity contribution in [2.45, 2.75) is 20.4 Å². The number of imidazole rings is 1. The summed E-state index contributed by atoms with van der Waals surface area (Å²) in [6.07, 6.45) is 3.30. The average Bonchev–Trinajstić information content (AvgIpc) is 2.72. The number of benzene rings is 1. The fourth-order valence-electron chi connectivity index (χ4n) is 2.38. The third kappa shape index (κ3) is 2.02. The molecule has 0 fully saturated rings. The van der Waals surface area contributed by atoms with Gasteiger partial charge in [-0.3, -0.25) is 0 Å². The molecule has 2 heterocycles. The number of nitrogens with zero attached hydrogens (tertiary/aromatic N) is 3. The second-order valence-corrected chi connectivity index (χ2v) is 5.58. The van der Waals surface area contributed by atoms with Crippen LogP contribution in [-0.4, -0.2) is 9.55 Å². The predicted molar refractivity (Wildman–Crippen MR) is 76.0 cm³/mol. The summed E-state index contributed by atoms with van der Waals surface area (Å²) in [6.45, 7) is 5.18. The second-order valence-electron chi connectivity index (χ2n) is 5.14. The molecule has 0 saturated heterocycles. The van der Waals surface area contributed by atoms with Crippen LogP contribution in [-0.2, 0) is 6.54 Å². The maximum atomic E-state index is 12.0. The molecule has 5 heteroatoms. The van der Waals surface area contributed by atoms with Gasteiger partial charge < -0.3 is 9.77 Å². The molecule has 19 heavy (non-hydrogen) atoms. The molecule has 98 valence electrons. The van der Waals surface area contributed by atoms with Crippen LogP contribution < -0.4 is 4.73 Å². The highest BCUT2D eigenvalue weighted by atomic mass is 35.5. The molecule has 0 unspecified atom stereocenters. The van der Waals surface area contributed by atoms with Gasteiger partial charge in [0.1, 0.15) is 0 Å². The highest BCUT2D eigenvalue weighted by Crippen LogP contribution is 2.24. The molecule has 4 nitrogen and oxygen atoms in total. The van der Waals surface area contributed by atoms with Gasteiger partial charge in [0.15, 0.2) is 5.52 Å². The van der Waals surface area contributed by atoms with Crippen LogP contribution in [0, 0.1) is 11.1 Å². The van der Waals surface area contributed by atoms with Crippen LogP contribution in [0.25, 0.3) is 21.9 Å². The van der Waals surface area contributed by atoms with E-state index in [1.807, 2.05) is 6.07 Å². The fraction of sp³-hybridized carbons (Fsp3) is 0.286. The average molecular weight is 276 g/mol. The number of fused-ring (bicyclic) bond motifs is 3. The molecule has 3 rings (SSSR count). The second kappa shape index (κ2) is 4.38. The van der Waals surface area contributed by atoms with Crippen LogP contribution in [0.5, 0.6) is 0 Å². The SMILES string of the molecule is CC(C)Cn1cnc2c[n+]([O-])c3cc(Cl)ccc3c21. The first-order chi connectivity index (χ1) is 9.06. The molecule has 1 aromatic carbocycles. The first-order valence-electron chi connectivity index (χ1n) is 6.22. The van der Waals surface area contributed by atoms with Gasteiger partial charge in [-0.2, -0.15) is 4.73 Å². The smallest absolute Gasteiger partial charge is 0.227 e. The Morgan fingerprint density at radius 3 is 2.95 bits per heavy atom. The maximum absolute atomic E-state index is 12.0. The summed E-state index contributed by atoms with van der Waals surface area (Å²) < 4.78 is 2.92. The maximum Gasteiger partial charge on any atom is 0.227 e. The molecule has 0 amide bonds. The van der Waals surface area contributed by atoms with Crippen LogP contribution in [0.1, 0.15) is 13.8 Å². The summed E-state index contributed by atoms with van der Waals surface area (Å²) in [7, 11) is 0. The molecule has 3 aromatic rings. The monoisotopic (exact) mass is 275 g/mol. The molecule has 0 aliphatic rings. The van der Waals surface area contributed by atoms with Gasteiger partial charge in [-0.1, -0.05) is 25.4 Å². The molecule has 0 aliphatic heterocycles. The van der Waals surface area contributed by atoms with Gasteiger partial charge in [0.05, 0.1) is 17.2 Å². The number of hydrogen-bond acceptors (Lipinski definition) is 2. The number of pyridine rings is 1. The highest BCUT2D eigenvalue weighted by molar-refractivity contribution is 6.31. The lowest BCUT2D eigenvalue weighted by atomic mass is 10.1. The van der Waals surface area contributed by atoms with E-state index in [1.54, 1.807) is 18.5 Å². The van der Waals surface area contributed by atoms with Crippen LogP contribution in [0.2, 0.25) is 5.02 Å². The van der Waals surface area contributed by atoms with E-state index >= 15 is 0 Å². The van der Waals surface area contributed by atoms with E-state index in [0.29, 0.717) is 22.0 Å². The molecule has 0 bridgehead atoms. The van der Waals surface area contributed by atoms with Gasteiger partial charge in [-0.05, 0) is 18.1 Å². The molecule has 2 aromatic heterocycles. The van der Waals surface area contributed by atoms with Crippen molar-refractivity contribution in [1.29, 1.82) is 0 Å². The third-order valence-corrected chi connectivity index (χ3v) is 3.35. The number of rotatable bonds is 2. The fourth-order valence-corrected chi connectivity index (χ4v) is 2.55. The van der Waals surface area contributed by atoms with Gasteiger partial charge in [0.25, 0.3) is 0 Å². The molecule has 0 atom stereocenters. The van der Waals surface area contributed by atoms with E-state index in [0.717, 1.165) is 22.2 Å². The van der Waals surface area contributed by atoms with E-state index in [9.17, 15) is 5.21 Å². The van der Waals surface area contributed by atoms with Gasteiger partial charge in [0.2, 0.25) is 11.7 Å². The lowest BCUT2D eigenvalue weighted by molar-refractivity contribution is -0.575. The van der Waals surface area contributed by atoms with Gasteiger partial charge >= 0.3 is 0 Å². The Hall–Kier alpha value is -1.81. The minimum absolute atomic E-state index is 0.513. The summed E-state index contributed by atoms with van der Waals surface area (Å²) >= 11 is 5.97. The molecule has 0 spiro atoms. The Morgan fingerprint density at radius 1 is 1.42 bits per heavy atom. The lowest BCUT2D eigenvalue weighted by Crippen LogP contribution is -2.26.